The van der Waals surface area contributed by atoms with Crippen LogP contribution < -0.4 is 10.1 Å². The molecule has 0 saturated carbocycles. The van der Waals surface area contributed by atoms with Crippen LogP contribution in [0.3, 0.4) is 0 Å². The third-order valence-corrected chi connectivity index (χ3v) is 4.53. The number of nitrogens with zero attached hydrogens (tertiary/aromatic N) is 1. The minimum absolute atomic E-state index is 0.0822. The molecule has 22 heavy (non-hydrogen) atoms. The van der Waals surface area contributed by atoms with E-state index in [-0.39, 0.29) is 18.3 Å². The Bertz CT molecular complexity index is 634. The summed E-state index contributed by atoms with van der Waals surface area (Å²) in [5.41, 5.74) is 0.782. The first-order valence-electron chi connectivity index (χ1n) is 6.65. The molecule has 8 heteroatoms. The third kappa shape index (κ3) is 5.73. The summed E-state index contributed by atoms with van der Waals surface area (Å²) in [6.07, 6.45) is 1.15. The summed E-state index contributed by atoms with van der Waals surface area (Å²) in [4.78, 5) is 13.4. The fourth-order valence-electron chi connectivity index (χ4n) is 1.91. The van der Waals surface area contributed by atoms with Crippen molar-refractivity contribution >= 4 is 27.5 Å². The summed E-state index contributed by atoms with van der Waals surface area (Å²) in [6.45, 7) is 1.94. The topological polar surface area (TPSA) is 75.7 Å². The van der Waals surface area contributed by atoms with Crippen molar-refractivity contribution in [2.75, 3.05) is 26.2 Å². The van der Waals surface area contributed by atoms with E-state index in [2.05, 4.69) is 5.32 Å². The van der Waals surface area contributed by atoms with E-state index < -0.39 is 15.9 Å². The Kier molecular flexibility index (Phi) is 6.49. The van der Waals surface area contributed by atoms with Crippen LogP contribution in [-0.2, 0) is 16.4 Å². The van der Waals surface area contributed by atoms with Gasteiger partial charge < -0.3 is 15.0 Å². The molecule has 0 aliphatic rings. The molecule has 0 aliphatic carbocycles. The molecule has 124 valence electrons. The van der Waals surface area contributed by atoms with Crippen molar-refractivity contribution in [1.82, 2.24) is 10.2 Å². The van der Waals surface area contributed by atoms with Crippen molar-refractivity contribution in [3.63, 3.8) is 0 Å². The molecule has 0 aliphatic heterocycles. The van der Waals surface area contributed by atoms with Gasteiger partial charge >= 0.3 is 6.03 Å². The molecule has 0 spiro atoms. The number of hydrogen-bond acceptors (Lipinski definition) is 4. The first kappa shape index (κ1) is 18.6. The molecule has 1 rings (SSSR count). The maximum absolute atomic E-state index is 12.1. The Morgan fingerprint density at radius 1 is 1.45 bits per heavy atom. The zero-order chi connectivity index (χ0) is 16.9. The highest BCUT2D eigenvalue weighted by Crippen LogP contribution is 2.22. The molecule has 0 aromatic heterocycles. The number of sulfone groups is 1. The molecule has 2 amide bonds. The molecule has 0 fully saturated rings. The Hall–Kier alpha value is -1.47. The summed E-state index contributed by atoms with van der Waals surface area (Å²) in [5, 5.41) is 3.28. The Morgan fingerprint density at radius 3 is 2.64 bits per heavy atom. The van der Waals surface area contributed by atoms with Crippen LogP contribution in [-0.4, -0.2) is 51.6 Å². The van der Waals surface area contributed by atoms with Crippen LogP contribution in [0.2, 0.25) is 5.02 Å². The SMILES string of the molecule is COc1cc(Cl)ccc1CNC(=O)N(C)[C@@H](C)CS(C)(=O)=O. The summed E-state index contributed by atoms with van der Waals surface area (Å²) >= 11 is 5.88. The van der Waals surface area contributed by atoms with Crippen LogP contribution in [0.25, 0.3) is 0 Å². The second-order valence-electron chi connectivity index (χ2n) is 5.17. The summed E-state index contributed by atoms with van der Waals surface area (Å²) in [7, 11) is -0.0559. The van der Waals surface area contributed by atoms with E-state index in [9.17, 15) is 13.2 Å². The van der Waals surface area contributed by atoms with Crippen molar-refractivity contribution < 1.29 is 17.9 Å². The van der Waals surface area contributed by atoms with Gasteiger partial charge in [0, 0.05) is 36.5 Å². The van der Waals surface area contributed by atoms with Gasteiger partial charge in [-0.15, -0.1) is 0 Å². The lowest BCUT2D eigenvalue weighted by Gasteiger charge is -2.24. The Labute approximate surface area is 136 Å². The molecular weight excluding hydrogens is 328 g/mol. The van der Waals surface area contributed by atoms with Crippen molar-refractivity contribution in [3.05, 3.63) is 28.8 Å². The molecule has 1 aromatic carbocycles. The highest BCUT2D eigenvalue weighted by molar-refractivity contribution is 7.90. The number of rotatable bonds is 6. The number of benzene rings is 1. The normalized spacial score (nSPS) is 12.6. The number of hydrogen-bond donors (Lipinski definition) is 1. The fraction of sp³-hybridized carbons (Fsp3) is 0.500. The molecule has 1 N–H and O–H groups in total. The molecule has 0 unspecified atom stereocenters. The Morgan fingerprint density at radius 2 is 2.09 bits per heavy atom. The van der Waals surface area contributed by atoms with Gasteiger partial charge in [-0.05, 0) is 19.1 Å². The minimum atomic E-state index is -3.14. The van der Waals surface area contributed by atoms with Gasteiger partial charge in [0.2, 0.25) is 0 Å². The predicted octanol–water partition coefficient (Wildman–Crippen LogP) is 1.92. The van der Waals surface area contributed by atoms with Gasteiger partial charge in [0.15, 0.2) is 0 Å². The van der Waals surface area contributed by atoms with E-state index >= 15 is 0 Å². The second-order valence-corrected chi connectivity index (χ2v) is 7.79. The van der Waals surface area contributed by atoms with E-state index in [0.717, 1.165) is 11.8 Å². The lowest BCUT2D eigenvalue weighted by atomic mass is 10.2. The quantitative estimate of drug-likeness (QED) is 0.852. The summed E-state index contributed by atoms with van der Waals surface area (Å²) < 4.78 is 27.8. The van der Waals surface area contributed by atoms with Gasteiger partial charge in [-0.3, -0.25) is 0 Å². The number of nitrogens with one attached hydrogen (secondary N) is 1. The molecule has 0 heterocycles. The van der Waals surface area contributed by atoms with Crippen LogP contribution in [0, 0.1) is 0 Å². The predicted molar refractivity (Wildman–Crippen MR) is 87.2 cm³/mol. The monoisotopic (exact) mass is 348 g/mol. The lowest BCUT2D eigenvalue weighted by Crippen LogP contribution is -2.44. The number of carbonyl (C=O) groups excluding carboxylic acids is 1. The van der Waals surface area contributed by atoms with E-state index in [0.29, 0.717) is 10.8 Å². The number of methoxy groups -OCH3 is 1. The number of carbonyl (C=O) groups is 1. The average Bonchev–Trinajstić information content (AvgIpc) is 2.42. The van der Waals surface area contributed by atoms with Gasteiger partial charge in [0.25, 0.3) is 0 Å². The zero-order valence-electron chi connectivity index (χ0n) is 13.1. The standard InChI is InChI=1S/C14H21ClN2O4S/c1-10(9-22(4,19)20)17(2)14(18)16-8-11-5-6-12(15)7-13(11)21-3/h5-7,10H,8-9H2,1-4H3,(H,16,18)/t10-/m0/s1. The molecule has 0 saturated heterocycles. The average molecular weight is 349 g/mol. The van der Waals surface area contributed by atoms with Gasteiger partial charge in [-0.25, -0.2) is 13.2 Å². The van der Waals surface area contributed by atoms with Gasteiger partial charge in [0.1, 0.15) is 15.6 Å². The second kappa shape index (κ2) is 7.69. The highest BCUT2D eigenvalue weighted by Gasteiger charge is 2.19. The maximum atomic E-state index is 12.1. The van der Waals surface area contributed by atoms with Gasteiger partial charge in [-0.1, -0.05) is 17.7 Å². The Balaban J connectivity index is 2.66. The number of urea groups is 1. The fourth-order valence-corrected chi connectivity index (χ4v) is 3.17. The number of amides is 2. The van der Waals surface area contributed by atoms with Gasteiger partial charge in [-0.2, -0.15) is 0 Å². The smallest absolute Gasteiger partial charge is 0.317 e. The lowest BCUT2D eigenvalue weighted by molar-refractivity contribution is 0.197. The third-order valence-electron chi connectivity index (χ3n) is 3.20. The van der Waals surface area contributed by atoms with Crippen LogP contribution >= 0.6 is 11.6 Å². The molecule has 0 radical (unpaired) electrons. The van der Waals surface area contributed by atoms with E-state index in [1.54, 1.807) is 32.2 Å². The minimum Gasteiger partial charge on any atom is -0.496 e. The zero-order valence-corrected chi connectivity index (χ0v) is 14.7. The van der Waals surface area contributed by atoms with E-state index in [4.69, 9.17) is 16.3 Å². The molecule has 1 aromatic rings. The summed E-state index contributed by atoms with van der Waals surface area (Å²) in [6, 6.07) is 4.37. The van der Waals surface area contributed by atoms with Crippen LogP contribution in [0.4, 0.5) is 4.79 Å². The van der Waals surface area contributed by atoms with Crippen molar-refractivity contribution in [1.29, 1.82) is 0 Å². The van der Waals surface area contributed by atoms with Crippen molar-refractivity contribution in [2.45, 2.75) is 19.5 Å². The molecule has 6 nitrogen and oxygen atoms in total. The highest BCUT2D eigenvalue weighted by atomic mass is 35.5. The molecule has 1 atom stereocenters. The van der Waals surface area contributed by atoms with E-state index in [1.807, 2.05) is 0 Å². The molecular formula is C14H21ClN2O4S. The molecule has 0 bridgehead atoms. The van der Waals surface area contributed by atoms with Crippen LogP contribution in [0.1, 0.15) is 12.5 Å². The summed E-state index contributed by atoms with van der Waals surface area (Å²) in [5.74, 6) is 0.501. The largest absolute Gasteiger partial charge is 0.496 e. The van der Waals surface area contributed by atoms with Gasteiger partial charge in [0.05, 0.1) is 12.9 Å². The number of halogens is 1. The van der Waals surface area contributed by atoms with Crippen molar-refractivity contribution in [3.8, 4) is 5.75 Å². The number of ether oxygens (including phenoxy) is 1. The van der Waals surface area contributed by atoms with Crippen molar-refractivity contribution in [2.24, 2.45) is 0 Å². The van der Waals surface area contributed by atoms with E-state index in [1.165, 1.54) is 12.0 Å². The maximum Gasteiger partial charge on any atom is 0.317 e. The first-order chi connectivity index (χ1) is 10.1. The van der Waals surface area contributed by atoms with Crippen LogP contribution in [0.15, 0.2) is 18.2 Å². The first-order valence-corrected chi connectivity index (χ1v) is 9.08. The van der Waals surface area contributed by atoms with Crippen LogP contribution in [0.5, 0.6) is 5.75 Å².